The summed E-state index contributed by atoms with van der Waals surface area (Å²) < 4.78 is 16.3. The molecule has 0 N–H and O–H groups in total. The lowest BCUT2D eigenvalue weighted by Crippen LogP contribution is -2.39. The van der Waals surface area contributed by atoms with Gasteiger partial charge in [-0.2, -0.15) is 0 Å². The van der Waals surface area contributed by atoms with Gasteiger partial charge in [-0.05, 0) is 41.9 Å². The van der Waals surface area contributed by atoms with Crippen LogP contribution in [0.25, 0.3) is 10.9 Å². The van der Waals surface area contributed by atoms with E-state index in [0.717, 1.165) is 4.57 Å². The van der Waals surface area contributed by atoms with Gasteiger partial charge in [0.15, 0.2) is 0 Å². The van der Waals surface area contributed by atoms with E-state index in [1.54, 1.807) is 13.8 Å². The van der Waals surface area contributed by atoms with Gasteiger partial charge in [-0.25, -0.2) is 9.18 Å². The van der Waals surface area contributed by atoms with E-state index in [1.165, 1.54) is 16.7 Å². The first-order valence-corrected chi connectivity index (χ1v) is 6.43. The molecule has 0 amide bonds. The Hall–Kier alpha value is -1.43. The molecule has 4 nitrogen and oxygen atoms in total. The number of hydrogen-bond donors (Lipinski definition) is 0. The Labute approximate surface area is 111 Å². The van der Waals surface area contributed by atoms with Gasteiger partial charge in [-0.3, -0.25) is 13.9 Å². The second-order valence-corrected chi connectivity index (χ2v) is 4.71. The van der Waals surface area contributed by atoms with Crippen molar-refractivity contribution >= 4 is 26.8 Å². The Balaban J connectivity index is 3.09. The average molecular weight is 315 g/mol. The van der Waals surface area contributed by atoms with Crippen LogP contribution >= 0.6 is 15.9 Å². The summed E-state index contributed by atoms with van der Waals surface area (Å²) in [5, 5.41) is 0.339. The van der Waals surface area contributed by atoms with E-state index < -0.39 is 11.5 Å². The molecule has 18 heavy (non-hydrogen) atoms. The minimum Gasteiger partial charge on any atom is -0.293 e. The van der Waals surface area contributed by atoms with Crippen molar-refractivity contribution in [2.24, 2.45) is 0 Å². The zero-order valence-corrected chi connectivity index (χ0v) is 11.6. The van der Waals surface area contributed by atoms with E-state index in [-0.39, 0.29) is 10.0 Å². The van der Waals surface area contributed by atoms with Crippen LogP contribution in [0.3, 0.4) is 0 Å². The molecule has 0 atom stereocenters. The van der Waals surface area contributed by atoms with Gasteiger partial charge in [0, 0.05) is 13.1 Å². The summed E-state index contributed by atoms with van der Waals surface area (Å²) in [4.78, 5) is 24.2. The average Bonchev–Trinajstić information content (AvgIpc) is 2.33. The molecular weight excluding hydrogens is 303 g/mol. The highest BCUT2D eigenvalue weighted by Crippen LogP contribution is 2.20. The first-order chi connectivity index (χ1) is 8.51. The van der Waals surface area contributed by atoms with Crippen LogP contribution in [0.4, 0.5) is 4.39 Å². The summed E-state index contributed by atoms with van der Waals surface area (Å²) in [6.45, 7) is 4.19. The van der Waals surface area contributed by atoms with E-state index in [9.17, 15) is 14.0 Å². The molecule has 0 aliphatic carbocycles. The van der Waals surface area contributed by atoms with Crippen molar-refractivity contribution in [2.45, 2.75) is 26.9 Å². The number of benzene rings is 1. The number of hydrogen-bond acceptors (Lipinski definition) is 2. The molecule has 1 aromatic carbocycles. The Bertz CT molecular complexity index is 733. The molecule has 2 aromatic rings. The molecule has 1 heterocycles. The third kappa shape index (κ3) is 1.80. The molecule has 0 aliphatic rings. The van der Waals surface area contributed by atoms with Crippen molar-refractivity contribution in [3.63, 3.8) is 0 Å². The quantitative estimate of drug-likeness (QED) is 0.852. The maximum atomic E-state index is 13.5. The van der Waals surface area contributed by atoms with Gasteiger partial charge in [0.25, 0.3) is 5.56 Å². The summed E-state index contributed by atoms with van der Waals surface area (Å²) in [7, 11) is 0. The Morgan fingerprint density at radius 2 is 1.78 bits per heavy atom. The molecule has 1 aromatic heterocycles. The van der Waals surface area contributed by atoms with Gasteiger partial charge in [0.1, 0.15) is 5.82 Å². The van der Waals surface area contributed by atoms with Crippen molar-refractivity contribution in [3.05, 3.63) is 43.3 Å². The normalized spacial score (nSPS) is 11.1. The molecular formula is C12H12BrFN2O2. The third-order valence-electron chi connectivity index (χ3n) is 2.90. The molecule has 0 bridgehead atoms. The molecule has 0 unspecified atom stereocenters. The maximum absolute atomic E-state index is 13.5. The van der Waals surface area contributed by atoms with E-state index in [4.69, 9.17) is 0 Å². The summed E-state index contributed by atoms with van der Waals surface area (Å²) in [5.41, 5.74) is -0.458. The topological polar surface area (TPSA) is 44.0 Å². The number of aromatic nitrogens is 2. The summed E-state index contributed by atoms with van der Waals surface area (Å²) in [5.74, 6) is -0.488. The fourth-order valence-corrected chi connectivity index (χ4v) is 2.34. The van der Waals surface area contributed by atoms with Gasteiger partial charge in [0.2, 0.25) is 0 Å². The van der Waals surface area contributed by atoms with E-state index in [0.29, 0.717) is 24.0 Å². The van der Waals surface area contributed by atoms with Crippen LogP contribution in [0.15, 0.2) is 26.2 Å². The first kappa shape index (κ1) is 13.0. The molecule has 0 saturated carbocycles. The zero-order chi connectivity index (χ0) is 13.4. The standard InChI is InChI=1S/C12H12BrFN2O2/c1-3-15-10-6-9(14)8(13)5-7(10)11(17)16(4-2)12(15)18/h5-6H,3-4H2,1-2H3. The largest absolute Gasteiger partial charge is 0.331 e. The van der Waals surface area contributed by atoms with Gasteiger partial charge >= 0.3 is 5.69 Å². The lowest BCUT2D eigenvalue weighted by Gasteiger charge is -2.11. The summed E-state index contributed by atoms with van der Waals surface area (Å²) >= 11 is 3.05. The van der Waals surface area contributed by atoms with Crippen molar-refractivity contribution in [3.8, 4) is 0 Å². The number of nitrogens with zero attached hydrogens (tertiary/aromatic N) is 2. The lowest BCUT2D eigenvalue weighted by molar-refractivity contribution is 0.599. The molecule has 0 spiro atoms. The van der Waals surface area contributed by atoms with Gasteiger partial charge in [0.05, 0.1) is 15.4 Å². The van der Waals surface area contributed by atoms with Gasteiger partial charge in [-0.15, -0.1) is 0 Å². The second kappa shape index (κ2) is 4.68. The van der Waals surface area contributed by atoms with Crippen molar-refractivity contribution in [1.82, 2.24) is 9.13 Å². The molecule has 0 aliphatic heterocycles. The van der Waals surface area contributed by atoms with Crippen molar-refractivity contribution in [1.29, 1.82) is 0 Å². The summed E-state index contributed by atoms with van der Waals surface area (Å²) in [6.07, 6.45) is 0. The fraction of sp³-hybridized carbons (Fsp3) is 0.333. The van der Waals surface area contributed by atoms with Crippen LogP contribution in [0, 0.1) is 5.82 Å². The highest BCUT2D eigenvalue weighted by Gasteiger charge is 2.13. The first-order valence-electron chi connectivity index (χ1n) is 5.63. The predicted octanol–water partition coefficient (Wildman–Crippen LogP) is 2.10. The Morgan fingerprint density at radius 1 is 1.17 bits per heavy atom. The highest BCUT2D eigenvalue weighted by molar-refractivity contribution is 9.10. The Morgan fingerprint density at radius 3 is 2.33 bits per heavy atom. The number of aryl methyl sites for hydroxylation is 1. The third-order valence-corrected chi connectivity index (χ3v) is 3.51. The highest BCUT2D eigenvalue weighted by atomic mass is 79.9. The molecule has 96 valence electrons. The van der Waals surface area contributed by atoms with Crippen LogP contribution in [0.2, 0.25) is 0 Å². The van der Waals surface area contributed by atoms with Crippen LogP contribution < -0.4 is 11.2 Å². The fourth-order valence-electron chi connectivity index (χ4n) is 2.00. The Kier molecular flexibility index (Phi) is 3.38. The second-order valence-electron chi connectivity index (χ2n) is 3.86. The van der Waals surface area contributed by atoms with E-state index in [1.807, 2.05) is 0 Å². The number of fused-ring (bicyclic) bond motifs is 1. The SMILES string of the molecule is CCn1c(=O)c2cc(Br)c(F)cc2n(CC)c1=O. The molecule has 6 heteroatoms. The monoisotopic (exact) mass is 314 g/mol. The van der Waals surface area contributed by atoms with Crippen LogP contribution in [0.5, 0.6) is 0 Å². The number of rotatable bonds is 2. The number of halogens is 2. The van der Waals surface area contributed by atoms with Crippen molar-refractivity contribution in [2.75, 3.05) is 0 Å². The predicted molar refractivity (Wildman–Crippen MR) is 71.5 cm³/mol. The molecule has 0 radical (unpaired) electrons. The molecule has 0 fully saturated rings. The van der Waals surface area contributed by atoms with Crippen LogP contribution in [-0.4, -0.2) is 9.13 Å². The van der Waals surface area contributed by atoms with Gasteiger partial charge < -0.3 is 0 Å². The summed E-state index contributed by atoms with van der Waals surface area (Å²) in [6, 6.07) is 2.64. The van der Waals surface area contributed by atoms with Crippen LogP contribution in [-0.2, 0) is 13.1 Å². The minimum absolute atomic E-state index is 0.219. The zero-order valence-electron chi connectivity index (χ0n) is 10.0. The molecule has 0 saturated heterocycles. The van der Waals surface area contributed by atoms with E-state index >= 15 is 0 Å². The smallest absolute Gasteiger partial charge is 0.293 e. The van der Waals surface area contributed by atoms with Gasteiger partial charge in [-0.1, -0.05) is 0 Å². The maximum Gasteiger partial charge on any atom is 0.331 e. The lowest BCUT2D eigenvalue weighted by atomic mass is 10.2. The minimum atomic E-state index is -0.488. The van der Waals surface area contributed by atoms with Crippen molar-refractivity contribution < 1.29 is 4.39 Å². The van der Waals surface area contributed by atoms with E-state index in [2.05, 4.69) is 15.9 Å². The van der Waals surface area contributed by atoms with Crippen LogP contribution in [0.1, 0.15) is 13.8 Å². The molecule has 2 rings (SSSR count).